The Bertz CT molecular complexity index is 781. The molecule has 0 aliphatic carbocycles. The van der Waals surface area contributed by atoms with Crippen molar-refractivity contribution in [2.45, 2.75) is 32.7 Å². The quantitative estimate of drug-likeness (QED) is 0.737. The second kappa shape index (κ2) is 6.23. The van der Waals surface area contributed by atoms with Gasteiger partial charge in [-0.2, -0.15) is 0 Å². The first-order valence-electron chi connectivity index (χ1n) is 8.16. The van der Waals surface area contributed by atoms with Crippen molar-refractivity contribution in [1.29, 1.82) is 0 Å². The second-order valence-electron chi connectivity index (χ2n) is 6.04. The van der Waals surface area contributed by atoms with Gasteiger partial charge in [-0.1, -0.05) is 12.1 Å². The second-order valence-corrected chi connectivity index (χ2v) is 6.93. The number of aryl methyl sites for hydroxylation is 1. The van der Waals surface area contributed by atoms with Crippen LogP contribution in [0.4, 0.5) is 5.82 Å². The summed E-state index contributed by atoms with van der Waals surface area (Å²) >= 11 is 1.70. The van der Waals surface area contributed by atoms with Crippen LogP contribution < -0.4 is 4.90 Å². The molecule has 6 nitrogen and oxygen atoms in total. The van der Waals surface area contributed by atoms with E-state index in [1.54, 1.807) is 17.5 Å². The predicted octanol–water partition coefficient (Wildman–Crippen LogP) is 2.76. The highest BCUT2D eigenvalue weighted by Crippen LogP contribution is 2.31. The molecule has 0 radical (unpaired) electrons. The Morgan fingerprint density at radius 1 is 1.35 bits per heavy atom. The average Bonchev–Trinajstić information content (AvgIpc) is 3.25. The largest absolute Gasteiger partial charge is 0.356 e. The molecule has 3 aromatic rings. The molecule has 0 saturated carbocycles. The average molecular weight is 328 g/mol. The smallest absolute Gasteiger partial charge is 0.141 e. The van der Waals surface area contributed by atoms with Gasteiger partial charge in [-0.3, -0.25) is 4.68 Å². The van der Waals surface area contributed by atoms with Crippen LogP contribution in [-0.2, 0) is 13.0 Å². The third-order valence-electron chi connectivity index (χ3n) is 4.40. The van der Waals surface area contributed by atoms with E-state index < -0.39 is 0 Å². The summed E-state index contributed by atoms with van der Waals surface area (Å²) in [6.07, 6.45) is 6.98. The Morgan fingerprint density at radius 3 is 3.13 bits per heavy atom. The molecule has 1 aliphatic heterocycles. The van der Waals surface area contributed by atoms with Crippen LogP contribution in [0.2, 0.25) is 0 Å². The molecule has 4 rings (SSSR count). The van der Waals surface area contributed by atoms with Crippen molar-refractivity contribution in [3.05, 3.63) is 29.7 Å². The number of fused-ring (bicyclic) bond motifs is 1. The highest BCUT2D eigenvalue weighted by Gasteiger charge is 2.23. The first kappa shape index (κ1) is 14.6. The number of rotatable bonds is 4. The lowest BCUT2D eigenvalue weighted by Crippen LogP contribution is -2.38. The SMILES string of the molecule is CCc1nc(N2CCCC(Cn3ccnn3)C2)c2ccsc2n1. The molecule has 1 aliphatic rings. The first-order chi connectivity index (χ1) is 11.3. The first-order valence-corrected chi connectivity index (χ1v) is 9.04. The van der Waals surface area contributed by atoms with E-state index in [0.29, 0.717) is 5.92 Å². The molecule has 0 amide bonds. The van der Waals surface area contributed by atoms with Gasteiger partial charge in [0, 0.05) is 32.3 Å². The minimum Gasteiger partial charge on any atom is -0.356 e. The Hall–Kier alpha value is -2.02. The number of anilines is 1. The van der Waals surface area contributed by atoms with Gasteiger partial charge in [-0.15, -0.1) is 16.4 Å². The van der Waals surface area contributed by atoms with Crippen molar-refractivity contribution in [2.24, 2.45) is 5.92 Å². The van der Waals surface area contributed by atoms with Gasteiger partial charge < -0.3 is 4.90 Å². The Balaban J connectivity index is 1.60. The molecule has 0 N–H and O–H groups in total. The summed E-state index contributed by atoms with van der Waals surface area (Å²) in [4.78, 5) is 13.0. The maximum atomic E-state index is 4.83. The van der Waals surface area contributed by atoms with Crippen LogP contribution in [0, 0.1) is 5.92 Å². The molecule has 1 atom stereocenters. The van der Waals surface area contributed by atoms with E-state index in [9.17, 15) is 0 Å². The van der Waals surface area contributed by atoms with Crippen LogP contribution in [0.5, 0.6) is 0 Å². The number of hydrogen-bond acceptors (Lipinski definition) is 6. The molecule has 120 valence electrons. The van der Waals surface area contributed by atoms with Crippen molar-refractivity contribution in [3.63, 3.8) is 0 Å². The molecule has 0 aromatic carbocycles. The third-order valence-corrected chi connectivity index (χ3v) is 5.21. The van der Waals surface area contributed by atoms with Gasteiger partial charge in [0.1, 0.15) is 16.5 Å². The summed E-state index contributed by atoms with van der Waals surface area (Å²) in [7, 11) is 0. The van der Waals surface area contributed by atoms with Gasteiger partial charge in [0.25, 0.3) is 0 Å². The van der Waals surface area contributed by atoms with Gasteiger partial charge in [-0.05, 0) is 30.2 Å². The maximum absolute atomic E-state index is 4.83. The minimum atomic E-state index is 0.583. The fraction of sp³-hybridized carbons (Fsp3) is 0.500. The van der Waals surface area contributed by atoms with E-state index in [4.69, 9.17) is 4.98 Å². The summed E-state index contributed by atoms with van der Waals surface area (Å²) in [5.74, 6) is 2.63. The van der Waals surface area contributed by atoms with Crippen molar-refractivity contribution < 1.29 is 0 Å². The molecule has 23 heavy (non-hydrogen) atoms. The summed E-state index contributed by atoms with van der Waals surface area (Å²) in [6.45, 7) is 5.13. The lowest BCUT2D eigenvalue weighted by Gasteiger charge is -2.34. The van der Waals surface area contributed by atoms with Gasteiger partial charge in [-0.25, -0.2) is 9.97 Å². The summed E-state index contributed by atoms with van der Waals surface area (Å²) in [5.41, 5.74) is 0. The van der Waals surface area contributed by atoms with E-state index >= 15 is 0 Å². The number of nitrogens with zero attached hydrogens (tertiary/aromatic N) is 6. The normalized spacial score (nSPS) is 18.7. The molecule has 1 saturated heterocycles. The molecule has 3 aromatic heterocycles. The van der Waals surface area contributed by atoms with Gasteiger partial charge in [0.15, 0.2) is 0 Å². The standard InChI is InChI=1S/C16H20N6S/c1-2-14-18-15(13-5-9-23-16(13)19-14)21-7-3-4-12(10-21)11-22-8-6-17-20-22/h5-6,8-9,12H,2-4,7,10-11H2,1H3. The molecule has 0 spiro atoms. The third kappa shape index (κ3) is 2.93. The molecular formula is C16H20N6S. The number of piperidine rings is 1. The zero-order valence-corrected chi connectivity index (χ0v) is 14.0. The van der Waals surface area contributed by atoms with Gasteiger partial charge in [0.05, 0.1) is 11.6 Å². The summed E-state index contributed by atoms with van der Waals surface area (Å²) < 4.78 is 1.94. The zero-order valence-electron chi connectivity index (χ0n) is 13.2. The molecule has 0 bridgehead atoms. The summed E-state index contributed by atoms with van der Waals surface area (Å²) in [5, 5.41) is 11.3. The Labute approximate surface area is 139 Å². The molecular weight excluding hydrogens is 308 g/mol. The van der Waals surface area contributed by atoms with E-state index in [0.717, 1.165) is 42.5 Å². The highest BCUT2D eigenvalue weighted by atomic mass is 32.1. The Kier molecular flexibility index (Phi) is 3.95. The molecule has 1 unspecified atom stereocenters. The fourth-order valence-electron chi connectivity index (χ4n) is 3.28. The van der Waals surface area contributed by atoms with E-state index in [1.807, 2.05) is 10.9 Å². The zero-order chi connectivity index (χ0) is 15.6. The molecule has 7 heteroatoms. The molecule has 4 heterocycles. The van der Waals surface area contributed by atoms with Crippen molar-refractivity contribution in [3.8, 4) is 0 Å². The number of hydrogen-bond donors (Lipinski definition) is 0. The number of aromatic nitrogens is 5. The van der Waals surface area contributed by atoms with Crippen LogP contribution in [-0.4, -0.2) is 38.1 Å². The maximum Gasteiger partial charge on any atom is 0.141 e. The van der Waals surface area contributed by atoms with Crippen molar-refractivity contribution in [2.75, 3.05) is 18.0 Å². The minimum absolute atomic E-state index is 0.583. The van der Waals surface area contributed by atoms with Crippen LogP contribution in [0.15, 0.2) is 23.8 Å². The van der Waals surface area contributed by atoms with Crippen LogP contribution in [0.1, 0.15) is 25.6 Å². The highest BCUT2D eigenvalue weighted by molar-refractivity contribution is 7.16. The van der Waals surface area contributed by atoms with Crippen LogP contribution in [0.25, 0.3) is 10.2 Å². The topological polar surface area (TPSA) is 59.7 Å². The lowest BCUT2D eigenvalue weighted by molar-refractivity contribution is 0.347. The molecule has 1 fully saturated rings. The van der Waals surface area contributed by atoms with Gasteiger partial charge in [0.2, 0.25) is 0 Å². The van der Waals surface area contributed by atoms with E-state index in [2.05, 4.69) is 38.6 Å². The van der Waals surface area contributed by atoms with Crippen molar-refractivity contribution in [1.82, 2.24) is 25.0 Å². The summed E-state index contributed by atoms with van der Waals surface area (Å²) in [6, 6.07) is 2.15. The lowest BCUT2D eigenvalue weighted by atomic mass is 9.98. The van der Waals surface area contributed by atoms with E-state index in [-0.39, 0.29) is 0 Å². The number of thiophene rings is 1. The Morgan fingerprint density at radius 2 is 2.30 bits per heavy atom. The van der Waals surface area contributed by atoms with E-state index in [1.165, 1.54) is 18.2 Å². The fourth-order valence-corrected chi connectivity index (χ4v) is 4.06. The van der Waals surface area contributed by atoms with Crippen LogP contribution >= 0.6 is 11.3 Å². The van der Waals surface area contributed by atoms with Crippen LogP contribution in [0.3, 0.4) is 0 Å². The van der Waals surface area contributed by atoms with Crippen molar-refractivity contribution >= 4 is 27.4 Å². The monoisotopic (exact) mass is 328 g/mol. The van der Waals surface area contributed by atoms with Gasteiger partial charge >= 0.3 is 0 Å². The predicted molar refractivity (Wildman–Crippen MR) is 91.8 cm³/mol.